The van der Waals surface area contributed by atoms with Gasteiger partial charge in [-0.25, -0.2) is 4.79 Å². The summed E-state index contributed by atoms with van der Waals surface area (Å²) >= 11 is 0. The van der Waals surface area contributed by atoms with Gasteiger partial charge in [-0.2, -0.15) is 0 Å². The fraction of sp³-hybridized carbons (Fsp3) is 0.300. The topological polar surface area (TPSA) is 37.3 Å². The lowest BCUT2D eigenvalue weighted by atomic mass is 10.1. The Morgan fingerprint density at radius 3 is 2.00 bits per heavy atom. The van der Waals surface area contributed by atoms with Crippen LogP contribution in [0.2, 0.25) is 0 Å². The lowest BCUT2D eigenvalue weighted by Gasteiger charge is -1.97. The molecule has 0 aromatic carbocycles. The molecule has 0 saturated heterocycles. The van der Waals surface area contributed by atoms with Crippen molar-refractivity contribution in [2.45, 2.75) is 20.8 Å². The first kappa shape index (κ1) is 10.7. The highest BCUT2D eigenvalue weighted by atomic mass is 16.4. The normalized spacial score (nSPS) is 9.92. The Morgan fingerprint density at radius 1 is 1.25 bits per heavy atom. The minimum absolute atomic E-state index is 0.331. The summed E-state index contributed by atoms with van der Waals surface area (Å²) in [6.45, 7) is 9.00. The SMILES string of the molecule is C=C(C)/C=C\C(C(=O)O)=C(C)C. The van der Waals surface area contributed by atoms with Gasteiger partial charge in [0.2, 0.25) is 0 Å². The second-order valence-corrected chi connectivity index (χ2v) is 2.90. The zero-order valence-electron chi connectivity index (χ0n) is 7.72. The smallest absolute Gasteiger partial charge is 0.335 e. The third kappa shape index (κ3) is 3.76. The lowest BCUT2D eigenvalue weighted by molar-refractivity contribution is -0.132. The molecule has 0 amide bonds. The van der Waals surface area contributed by atoms with Gasteiger partial charge in [0.15, 0.2) is 0 Å². The first-order valence-corrected chi connectivity index (χ1v) is 3.69. The number of carbonyl (C=O) groups is 1. The van der Waals surface area contributed by atoms with Crippen LogP contribution in [0.4, 0.5) is 0 Å². The van der Waals surface area contributed by atoms with Gasteiger partial charge in [0, 0.05) is 0 Å². The molecule has 0 radical (unpaired) electrons. The molecule has 0 bridgehead atoms. The lowest BCUT2D eigenvalue weighted by Crippen LogP contribution is -1.99. The molecule has 0 aliphatic rings. The number of rotatable bonds is 3. The van der Waals surface area contributed by atoms with Crippen molar-refractivity contribution in [1.29, 1.82) is 0 Å². The van der Waals surface area contributed by atoms with Crippen molar-refractivity contribution in [1.82, 2.24) is 0 Å². The van der Waals surface area contributed by atoms with E-state index in [1.54, 1.807) is 26.0 Å². The van der Waals surface area contributed by atoms with Gasteiger partial charge in [0.25, 0.3) is 0 Å². The van der Waals surface area contributed by atoms with E-state index < -0.39 is 5.97 Å². The van der Waals surface area contributed by atoms with Crippen LogP contribution in [-0.2, 0) is 4.79 Å². The molecule has 0 aromatic rings. The van der Waals surface area contributed by atoms with Crippen molar-refractivity contribution in [3.05, 3.63) is 35.5 Å². The van der Waals surface area contributed by atoms with Crippen molar-refractivity contribution in [3.63, 3.8) is 0 Å². The van der Waals surface area contributed by atoms with Gasteiger partial charge in [0.1, 0.15) is 0 Å². The highest BCUT2D eigenvalue weighted by molar-refractivity contribution is 5.90. The fourth-order valence-corrected chi connectivity index (χ4v) is 0.677. The van der Waals surface area contributed by atoms with E-state index in [4.69, 9.17) is 5.11 Å². The second kappa shape index (κ2) is 4.54. The monoisotopic (exact) mass is 166 g/mol. The van der Waals surface area contributed by atoms with Crippen LogP contribution in [0.5, 0.6) is 0 Å². The molecule has 0 aliphatic carbocycles. The number of carboxylic acid groups (broad SMARTS) is 1. The van der Waals surface area contributed by atoms with Crippen molar-refractivity contribution >= 4 is 5.97 Å². The van der Waals surface area contributed by atoms with E-state index in [9.17, 15) is 4.79 Å². The van der Waals surface area contributed by atoms with Crippen molar-refractivity contribution < 1.29 is 9.90 Å². The van der Waals surface area contributed by atoms with Gasteiger partial charge in [-0.15, -0.1) is 0 Å². The predicted octanol–water partition coefficient (Wildman–Crippen LogP) is 2.54. The zero-order chi connectivity index (χ0) is 9.72. The fourth-order valence-electron chi connectivity index (χ4n) is 0.677. The largest absolute Gasteiger partial charge is 0.478 e. The summed E-state index contributed by atoms with van der Waals surface area (Å²) in [5.41, 5.74) is 1.97. The van der Waals surface area contributed by atoms with Gasteiger partial charge in [-0.05, 0) is 26.8 Å². The Hall–Kier alpha value is -1.31. The van der Waals surface area contributed by atoms with E-state index in [2.05, 4.69) is 6.58 Å². The third-order valence-electron chi connectivity index (χ3n) is 1.30. The quantitative estimate of drug-likeness (QED) is 0.516. The minimum atomic E-state index is -0.896. The molecular weight excluding hydrogens is 152 g/mol. The highest BCUT2D eigenvalue weighted by Crippen LogP contribution is 2.06. The molecule has 2 nitrogen and oxygen atoms in total. The molecule has 0 fully saturated rings. The molecule has 66 valence electrons. The summed E-state index contributed by atoms with van der Waals surface area (Å²) in [4.78, 5) is 10.6. The highest BCUT2D eigenvalue weighted by Gasteiger charge is 2.03. The molecule has 0 spiro atoms. The van der Waals surface area contributed by atoms with E-state index in [0.29, 0.717) is 5.57 Å². The maximum absolute atomic E-state index is 10.6. The first-order valence-electron chi connectivity index (χ1n) is 3.69. The molecule has 0 saturated carbocycles. The van der Waals surface area contributed by atoms with Crippen LogP contribution >= 0.6 is 0 Å². The first-order chi connectivity index (χ1) is 5.45. The second-order valence-electron chi connectivity index (χ2n) is 2.90. The molecule has 0 heterocycles. The van der Waals surface area contributed by atoms with Gasteiger partial charge in [0.05, 0.1) is 5.57 Å². The molecule has 0 aliphatic heterocycles. The minimum Gasteiger partial charge on any atom is -0.478 e. The average Bonchev–Trinajstić information content (AvgIpc) is 1.84. The third-order valence-corrected chi connectivity index (χ3v) is 1.30. The van der Waals surface area contributed by atoms with Crippen LogP contribution in [0.25, 0.3) is 0 Å². The van der Waals surface area contributed by atoms with Gasteiger partial charge >= 0.3 is 5.97 Å². The van der Waals surface area contributed by atoms with E-state index in [-0.39, 0.29) is 0 Å². The maximum atomic E-state index is 10.6. The van der Waals surface area contributed by atoms with Crippen molar-refractivity contribution in [2.24, 2.45) is 0 Å². The van der Waals surface area contributed by atoms with Crippen LogP contribution < -0.4 is 0 Å². The van der Waals surface area contributed by atoms with Crippen molar-refractivity contribution in [3.8, 4) is 0 Å². The Labute approximate surface area is 72.9 Å². The summed E-state index contributed by atoms with van der Waals surface area (Å²) in [5.74, 6) is -0.896. The maximum Gasteiger partial charge on any atom is 0.335 e. The molecule has 12 heavy (non-hydrogen) atoms. The van der Waals surface area contributed by atoms with Crippen LogP contribution in [0.1, 0.15) is 20.8 Å². The molecule has 2 heteroatoms. The predicted molar refractivity (Wildman–Crippen MR) is 50.0 cm³/mol. The number of hydrogen-bond acceptors (Lipinski definition) is 1. The van der Waals surface area contributed by atoms with E-state index >= 15 is 0 Å². The Bertz CT molecular complexity index is 253. The molecule has 0 atom stereocenters. The van der Waals surface area contributed by atoms with Crippen LogP contribution in [0, 0.1) is 0 Å². The molecule has 1 N–H and O–H groups in total. The average molecular weight is 166 g/mol. The van der Waals surface area contributed by atoms with Gasteiger partial charge in [-0.3, -0.25) is 0 Å². The van der Waals surface area contributed by atoms with Crippen LogP contribution in [0.15, 0.2) is 35.5 Å². The summed E-state index contributed by atoms with van der Waals surface area (Å²) in [7, 11) is 0. The number of aliphatic carboxylic acids is 1. The Morgan fingerprint density at radius 2 is 1.75 bits per heavy atom. The van der Waals surface area contributed by atoms with Gasteiger partial charge in [-0.1, -0.05) is 23.8 Å². The molecule has 0 unspecified atom stereocenters. The summed E-state index contributed by atoms with van der Waals surface area (Å²) in [6, 6.07) is 0. The standard InChI is InChI=1S/C10H14O2/c1-7(2)5-6-9(8(3)4)10(11)12/h5-6H,1H2,2-4H3,(H,11,12)/b6-5-. The molecular formula is C10H14O2. The zero-order valence-corrected chi connectivity index (χ0v) is 7.72. The Kier molecular flexibility index (Phi) is 4.05. The van der Waals surface area contributed by atoms with E-state index in [1.165, 1.54) is 0 Å². The summed E-state index contributed by atoms with van der Waals surface area (Å²) < 4.78 is 0. The van der Waals surface area contributed by atoms with E-state index in [1.807, 2.05) is 6.92 Å². The van der Waals surface area contributed by atoms with Crippen LogP contribution in [-0.4, -0.2) is 11.1 Å². The Balaban J connectivity index is 4.70. The molecule has 0 rings (SSSR count). The number of allylic oxidation sites excluding steroid dienone is 3. The molecule has 0 aromatic heterocycles. The summed E-state index contributed by atoms with van der Waals surface area (Å²) in [6.07, 6.45) is 3.26. The van der Waals surface area contributed by atoms with E-state index in [0.717, 1.165) is 11.1 Å². The van der Waals surface area contributed by atoms with Crippen molar-refractivity contribution in [2.75, 3.05) is 0 Å². The number of carboxylic acids is 1. The summed E-state index contributed by atoms with van der Waals surface area (Å²) in [5, 5.41) is 8.72. The van der Waals surface area contributed by atoms with Gasteiger partial charge < -0.3 is 5.11 Å². The number of hydrogen-bond donors (Lipinski definition) is 1. The van der Waals surface area contributed by atoms with Crippen LogP contribution in [0.3, 0.4) is 0 Å².